The monoisotopic (exact) mass is 408 g/mol. The van der Waals surface area contributed by atoms with Crippen molar-refractivity contribution in [1.82, 2.24) is 25.3 Å². The summed E-state index contributed by atoms with van der Waals surface area (Å²) >= 11 is 1.89. The van der Waals surface area contributed by atoms with Crippen molar-refractivity contribution in [3.8, 4) is 0 Å². The predicted molar refractivity (Wildman–Crippen MR) is 119 cm³/mol. The molecule has 2 N–H and O–H groups in total. The lowest BCUT2D eigenvalue weighted by Gasteiger charge is -2.27. The molecule has 0 aliphatic carbocycles. The molecule has 29 heavy (non-hydrogen) atoms. The van der Waals surface area contributed by atoms with Crippen molar-refractivity contribution >= 4 is 17.3 Å². The second-order valence-corrected chi connectivity index (χ2v) is 8.22. The lowest BCUT2D eigenvalue weighted by molar-refractivity contribution is 0.260. The van der Waals surface area contributed by atoms with Gasteiger partial charge in [0.25, 0.3) is 0 Å². The topological polar surface area (TPSA) is 57.5 Å². The van der Waals surface area contributed by atoms with E-state index < -0.39 is 0 Å². The largest absolute Gasteiger partial charge is 0.355 e. The highest BCUT2D eigenvalue weighted by atomic mass is 32.1. The molecule has 1 aromatic carbocycles. The molecule has 6 nitrogen and oxygen atoms in total. The zero-order valence-corrected chi connectivity index (χ0v) is 17.7. The average molecular weight is 409 g/mol. The number of benzene rings is 1. The van der Waals surface area contributed by atoms with E-state index in [0.29, 0.717) is 0 Å². The van der Waals surface area contributed by atoms with Crippen LogP contribution in [-0.2, 0) is 26.1 Å². The molecular weight excluding hydrogens is 380 g/mol. The van der Waals surface area contributed by atoms with Crippen molar-refractivity contribution in [3.05, 3.63) is 75.7 Å². The Morgan fingerprint density at radius 3 is 2.90 bits per heavy atom. The Balaban J connectivity index is 1.25. The first-order valence-electron chi connectivity index (χ1n) is 10.1. The summed E-state index contributed by atoms with van der Waals surface area (Å²) in [4.78, 5) is 8.44. The number of fused-ring (bicyclic) bond motifs is 1. The number of hydrogen-bond donors (Lipinski definition) is 2. The Morgan fingerprint density at radius 1 is 1.17 bits per heavy atom. The quantitative estimate of drug-likeness (QED) is 0.466. The van der Waals surface area contributed by atoms with Crippen LogP contribution in [0.2, 0.25) is 0 Å². The van der Waals surface area contributed by atoms with E-state index in [0.717, 1.165) is 45.2 Å². The van der Waals surface area contributed by atoms with E-state index in [1.165, 1.54) is 23.1 Å². The van der Waals surface area contributed by atoms with Gasteiger partial charge in [-0.05, 0) is 40.6 Å². The van der Waals surface area contributed by atoms with Crippen LogP contribution in [0.25, 0.3) is 0 Å². The molecule has 1 aliphatic heterocycles. The van der Waals surface area contributed by atoms with Gasteiger partial charge in [0.05, 0.1) is 6.54 Å². The molecular formula is C22H28N6S. The summed E-state index contributed by atoms with van der Waals surface area (Å²) in [6, 6.07) is 12.7. The third-order valence-corrected chi connectivity index (χ3v) is 6.31. The number of hydrogen-bond acceptors (Lipinski definition) is 4. The Morgan fingerprint density at radius 2 is 2.07 bits per heavy atom. The van der Waals surface area contributed by atoms with E-state index in [2.05, 4.69) is 61.3 Å². The number of nitrogens with zero attached hydrogens (tertiary/aromatic N) is 4. The van der Waals surface area contributed by atoms with Crippen molar-refractivity contribution in [2.24, 2.45) is 4.99 Å². The second-order valence-electron chi connectivity index (χ2n) is 7.22. The number of rotatable bonds is 7. The van der Waals surface area contributed by atoms with Crippen molar-refractivity contribution < 1.29 is 0 Å². The second kappa shape index (κ2) is 9.71. The van der Waals surface area contributed by atoms with Crippen molar-refractivity contribution in [1.29, 1.82) is 0 Å². The van der Waals surface area contributed by atoms with E-state index in [9.17, 15) is 0 Å². The molecule has 4 rings (SSSR count). The average Bonchev–Trinajstić information content (AvgIpc) is 3.43. The van der Waals surface area contributed by atoms with Crippen molar-refractivity contribution in [3.63, 3.8) is 0 Å². The summed E-state index contributed by atoms with van der Waals surface area (Å²) in [6.07, 6.45) is 4.98. The SMILES string of the molecule is CN=C(NCCN1CCc2sccc2C1)NCc1ccccc1Cn1cccn1. The smallest absolute Gasteiger partial charge is 0.191 e. The summed E-state index contributed by atoms with van der Waals surface area (Å²) in [6.45, 7) is 5.62. The third-order valence-electron chi connectivity index (χ3n) is 5.29. The maximum absolute atomic E-state index is 4.38. The molecule has 7 heteroatoms. The van der Waals surface area contributed by atoms with Gasteiger partial charge in [0.15, 0.2) is 5.96 Å². The molecule has 0 amide bonds. The van der Waals surface area contributed by atoms with Gasteiger partial charge in [0.2, 0.25) is 0 Å². The van der Waals surface area contributed by atoms with Crippen LogP contribution < -0.4 is 10.6 Å². The van der Waals surface area contributed by atoms with Gasteiger partial charge in [0, 0.05) is 57.0 Å². The van der Waals surface area contributed by atoms with Crippen LogP contribution in [0, 0.1) is 0 Å². The third kappa shape index (κ3) is 5.25. The molecule has 152 valence electrons. The zero-order chi connectivity index (χ0) is 19.9. The molecule has 3 heterocycles. The summed E-state index contributed by atoms with van der Waals surface area (Å²) in [5, 5.41) is 13.4. The highest BCUT2D eigenvalue weighted by molar-refractivity contribution is 7.10. The van der Waals surface area contributed by atoms with Gasteiger partial charge < -0.3 is 10.6 Å². The lowest BCUT2D eigenvalue weighted by atomic mass is 10.1. The van der Waals surface area contributed by atoms with Gasteiger partial charge in [-0.3, -0.25) is 14.6 Å². The standard InChI is InChI=1S/C22H28N6S/c1-23-22(24-10-13-27-12-7-21-20(16-27)8-14-29-21)25-15-18-5-2-3-6-19(18)17-28-11-4-9-26-28/h2-6,8-9,11,14H,7,10,12-13,15-17H2,1H3,(H2,23,24,25). The summed E-state index contributed by atoms with van der Waals surface area (Å²) in [5.74, 6) is 0.840. The van der Waals surface area contributed by atoms with Gasteiger partial charge in [0.1, 0.15) is 0 Å². The van der Waals surface area contributed by atoms with Gasteiger partial charge in [-0.1, -0.05) is 24.3 Å². The number of aliphatic imine (C=N–C) groups is 1. The van der Waals surface area contributed by atoms with E-state index in [1.54, 1.807) is 4.88 Å². The molecule has 0 radical (unpaired) electrons. The minimum absolute atomic E-state index is 0.735. The van der Waals surface area contributed by atoms with E-state index >= 15 is 0 Å². The first kappa shape index (κ1) is 19.7. The van der Waals surface area contributed by atoms with Gasteiger partial charge >= 0.3 is 0 Å². The number of aromatic nitrogens is 2. The van der Waals surface area contributed by atoms with Crippen LogP contribution in [0.5, 0.6) is 0 Å². The predicted octanol–water partition coefficient (Wildman–Crippen LogP) is 2.72. The fourth-order valence-electron chi connectivity index (χ4n) is 3.68. The Labute approximate surface area is 176 Å². The fraction of sp³-hybridized carbons (Fsp3) is 0.364. The van der Waals surface area contributed by atoms with Gasteiger partial charge in [-0.2, -0.15) is 5.10 Å². The molecule has 3 aromatic rings. The molecule has 0 saturated heterocycles. The highest BCUT2D eigenvalue weighted by Crippen LogP contribution is 2.23. The van der Waals surface area contributed by atoms with Crippen molar-refractivity contribution in [2.75, 3.05) is 26.7 Å². The van der Waals surface area contributed by atoms with Gasteiger partial charge in [-0.25, -0.2) is 0 Å². The Kier molecular flexibility index (Phi) is 6.59. The van der Waals surface area contributed by atoms with Crippen LogP contribution in [0.1, 0.15) is 21.6 Å². The molecule has 0 unspecified atom stereocenters. The number of guanidine groups is 1. The van der Waals surface area contributed by atoms with Crippen LogP contribution in [-0.4, -0.2) is 47.3 Å². The maximum Gasteiger partial charge on any atom is 0.191 e. The van der Waals surface area contributed by atoms with E-state index in [-0.39, 0.29) is 0 Å². The Bertz CT molecular complexity index is 930. The van der Waals surface area contributed by atoms with Crippen LogP contribution in [0.3, 0.4) is 0 Å². The molecule has 0 saturated carbocycles. The van der Waals surface area contributed by atoms with E-state index in [4.69, 9.17) is 0 Å². The molecule has 2 aromatic heterocycles. The molecule has 0 spiro atoms. The molecule has 1 aliphatic rings. The first-order chi connectivity index (χ1) is 14.3. The summed E-state index contributed by atoms with van der Waals surface area (Å²) in [5.41, 5.74) is 4.02. The van der Waals surface area contributed by atoms with Crippen LogP contribution in [0.15, 0.2) is 59.2 Å². The maximum atomic E-state index is 4.38. The fourth-order valence-corrected chi connectivity index (χ4v) is 4.57. The number of thiophene rings is 1. The molecule has 0 atom stereocenters. The first-order valence-corrected chi connectivity index (χ1v) is 11.0. The number of nitrogens with one attached hydrogen (secondary N) is 2. The Hall–Kier alpha value is -2.64. The minimum Gasteiger partial charge on any atom is -0.355 e. The van der Waals surface area contributed by atoms with Gasteiger partial charge in [-0.15, -0.1) is 11.3 Å². The van der Waals surface area contributed by atoms with E-state index in [1.807, 2.05) is 41.5 Å². The van der Waals surface area contributed by atoms with Crippen LogP contribution in [0.4, 0.5) is 0 Å². The minimum atomic E-state index is 0.735. The normalized spacial score (nSPS) is 14.6. The molecule has 0 fully saturated rings. The van der Waals surface area contributed by atoms with Crippen LogP contribution >= 0.6 is 11.3 Å². The zero-order valence-electron chi connectivity index (χ0n) is 16.8. The lowest BCUT2D eigenvalue weighted by Crippen LogP contribution is -2.42. The highest BCUT2D eigenvalue weighted by Gasteiger charge is 2.16. The summed E-state index contributed by atoms with van der Waals surface area (Å²) < 4.78 is 1.95. The van der Waals surface area contributed by atoms with Crippen molar-refractivity contribution in [2.45, 2.75) is 26.1 Å². The molecule has 0 bridgehead atoms. The summed E-state index contributed by atoms with van der Waals surface area (Å²) in [7, 11) is 1.82.